The van der Waals surface area contributed by atoms with Gasteiger partial charge in [-0.25, -0.2) is 0 Å². The minimum atomic E-state index is 0.0467. The van der Waals surface area contributed by atoms with Gasteiger partial charge in [-0.2, -0.15) is 0 Å². The van der Waals surface area contributed by atoms with Gasteiger partial charge in [-0.05, 0) is 42.7 Å². The van der Waals surface area contributed by atoms with E-state index in [-0.39, 0.29) is 11.9 Å². The average molecular weight is 272 g/mol. The van der Waals surface area contributed by atoms with E-state index >= 15 is 0 Å². The molecule has 0 spiro atoms. The molecule has 2 N–H and O–H groups in total. The average Bonchev–Trinajstić information content (AvgIpc) is 3.08. The van der Waals surface area contributed by atoms with E-state index in [1.807, 2.05) is 6.07 Å². The summed E-state index contributed by atoms with van der Waals surface area (Å²) in [5.41, 5.74) is 1.28. The maximum absolute atomic E-state index is 12.4. The van der Waals surface area contributed by atoms with Crippen molar-refractivity contribution in [2.45, 2.75) is 38.1 Å². The Labute approximate surface area is 121 Å². The zero-order chi connectivity index (χ0) is 13.9. The molecular weight excluding hydrogens is 248 g/mol. The fourth-order valence-electron chi connectivity index (χ4n) is 3.74. The SMILES string of the molecule is CC(CNC(=O)C1NCC2CCCC21)c1ccccc1. The molecule has 1 heterocycles. The van der Waals surface area contributed by atoms with Crippen molar-refractivity contribution in [2.75, 3.05) is 13.1 Å². The Balaban J connectivity index is 1.52. The second-order valence-corrected chi connectivity index (χ2v) is 6.30. The fraction of sp³-hybridized carbons (Fsp3) is 0.588. The predicted molar refractivity (Wildman–Crippen MR) is 80.5 cm³/mol. The summed E-state index contributed by atoms with van der Waals surface area (Å²) in [6.45, 7) is 3.91. The lowest BCUT2D eigenvalue weighted by Gasteiger charge is -2.19. The molecule has 1 amide bonds. The lowest BCUT2D eigenvalue weighted by Crippen LogP contribution is -2.44. The van der Waals surface area contributed by atoms with E-state index < -0.39 is 0 Å². The monoisotopic (exact) mass is 272 g/mol. The smallest absolute Gasteiger partial charge is 0.237 e. The van der Waals surface area contributed by atoms with Gasteiger partial charge in [0.15, 0.2) is 0 Å². The number of carbonyl (C=O) groups excluding carboxylic acids is 1. The second kappa shape index (κ2) is 5.96. The Hall–Kier alpha value is -1.35. The van der Waals surface area contributed by atoms with Crippen LogP contribution in [0.15, 0.2) is 30.3 Å². The van der Waals surface area contributed by atoms with Crippen LogP contribution in [-0.2, 0) is 4.79 Å². The zero-order valence-corrected chi connectivity index (χ0v) is 12.1. The molecule has 1 saturated carbocycles. The Morgan fingerprint density at radius 1 is 1.35 bits per heavy atom. The van der Waals surface area contributed by atoms with Crippen LogP contribution in [0, 0.1) is 11.8 Å². The lowest BCUT2D eigenvalue weighted by atomic mass is 9.93. The summed E-state index contributed by atoms with van der Waals surface area (Å²) in [5, 5.41) is 6.54. The molecule has 0 radical (unpaired) electrons. The molecule has 4 unspecified atom stereocenters. The summed E-state index contributed by atoms with van der Waals surface area (Å²) >= 11 is 0. The first-order valence-corrected chi connectivity index (χ1v) is 7.81. The maximum Gasteiger partial charge on any atom is 0.237 e. The Morgan fingerprint density at radius 2 is 2.15 bits per heavy atom. The van der Waals surface area contributed by atoms with Crippen LogP contribution in [0.4, 0.5) is 0 Å². The summed E-state index contributed by atoms with van der Waals surface area (Å²) in [6, 6.07) is 10.4. The van der Waals surface area contributed by atoms with Crippen molar-refractivity contribution in [3.05, 3.63) is 35.9 Å². The molecule has 1 aliphatic carbocycles. The molecular formula is C17H24N2O. The third-order valence-electron chi connectivity index (χ3n) is 4.98. The van der Waals surface area contributed by atoms with E-state index in [1.54, 1.807) is 0 Å². The summed E-state index contributed by atoms with van der Waals surface area (Å²) < 4.78 is 0. The van der Waals surface area contributed by atoms with Crippen molar-refractivity contribution in [1.82, 2.24) is 10.6 Å². The summed E-state index contributed by atoms with van der Waals surface area (Å²) in [6.07, 6.45) is 3.80. The van der Waals surface area contributed by atoms with E-state index in [1.165, 1.54) is 24.8 Å². The molecule has 1 aliphatic heterocycles. The van der Waals surface area contributed by atoms with Gasteiger partial charge in [-0.3, -0.25) is 4.79 Å². The van der Waals surface area contributed by atoms with Gasteiger partial charge in [0, 0.05) is 6.54 Å². The number of benzene rings is 1. The number of nitrogens with one attached hydrogen (secondary N) is 2. The van der Waals surface area contributed by atoms with E-state index in [0.717, 1.165) is 19.0 Å². The van der Waals surface area contributed by atoms with Crippen LogP contribution in [0.2, 0.25) is 0 Å². The van der Waals surface area contributed by atoms with E-state index in [2.05, 4.69) is 41.8 Å². The highest BCUT2D eigenvalue weighted by Gasteiger charge is 2.42. The van der Waals surface area contributed by atoms with Gasteiger partial charge in [-0.15, -0.1) is 0 Å². The molecule has 2 fully saturated rings. The van der Waals surface area contributed by atoms with Crippen LogP contribution < -0.4 is 10.6 Å². The Kier molecular flexibility index (Phi) is 4.06. The first kappa shape index (κ1) is 13.6. The van der Waals surface area contributed by atoms with E-state index in [4.69, 9.17) is 0 Å². The molecule has 108 valence electrons. The number of fused-ring (bicyclic) bond motifs is 1. The molecule has 3 rings (SSSR count). The highest BCUT2D eigenvalue weighted by molar-refractivity contribution is 5.82. The number of hydrogen-bond donors (Lipinski definition) is 2. The van der Waals surface area contributed by atoms with Crippen molar-refractivity contribution < 1.29 is 4.79 Å². The topological polar surface area (TPSA) is 41.1 Å². The van der Waals surface area contributed by atoms with Crippen LogP contribution in [0.3, 0.4) is 0 Å². The van der Waals surface area contributed by atoms with E-state index in [9.17, 15) is 4.79 Å². The van der Waals surface area contributed by atoms with Crippen LogP contribution in [0.25, 0.3) is 0 Å². The third-order valence-corrected chi connectivity index (χ3v) is 4.98. The standard InChI is InChI=1S/C17H24N2O/c1-12(13-6-3-2-4-7-13)10-19-17(20)16-15-9-5-8-14(15)11-18-16/h2-4,6-7,12,14-16,18H,5,8-11H2,1H3,(H,19,20). The molecule has 0 aromatic heterocycles. The molecule has 2 aliphatic rings. The number of rotatable bonds is 4. The minimum Gasteiger partial charge on any atom is -0.354 e. The van der Waals surface area contributed by atoms with Crippen LogP contribution in [0.5, 0.6) is 0 Å². The largest absolute Gasteiger partial charge is 0.354 e. The van der Waals surface area contributed by atoms with E-state index in [0.29, 0.717) is 11.8 Å². The summed E-state index contributed by atoms with van der Waals surface area (Å²) in [5.74, 6) is 1.86. The fourth-order valence-corrected chi connectivity index (χ4v) is 3.74. The number of carbonyl (C=O) groups is 1. The van der Waals surface area contributed by atoms with Gasteiger partial charge in [0.05, 0.1) is 6.04 Å². The second-order valence-electron chi connectivity index (χ2n) is 6.30. The Morgan fingerprint density at radius 3 is 2.95 bits per heavy atom. The van der Waals surface area contributed by atoms with Crippen molar-refractivity contribution in [1.29, 1.82) is 0 Å². The molecule has 1 saturated heterocycles. The molecule has 0 bridgehead atoms. The van der Waals surface area contributed by atoms with Crippen LogP contribution >= 0.6 is 0 Å². The van der Waals surface area contributed by atoms with Crippen LogP contribution in [-0.4, -0.2) is 25.0 Å². The molecule has 4 atom stereocenters. The normalized spacial score (nSPS) is 29.9. The number of amides is 1. The zero-order valence-electron chi connectivity index (χ0n) is 12.1. The molecule has 20 heavy (non-hydrogen) atoms. The molecule has 1 aromatic carbocycles. The highest BCUT2D eigenvalue weighted by Crippen LogP contribution is 2.37. The third kappa shape index (κ3) is 2.73. The van der Waals surface area contributed by atoms with Crippen molar-refractivity contribution >= 4 is 5.91 Å². The number of hydrogen-bond acceptors (Lipinski definition) is 2. The lowest BCUT2D eigenvalue weighted by molar-refractivity contribution is -0.123. The van der Waals surface area contributed by atoms with Crippen molar-refractivity contribution in [3.8, 4) is 0 Å². The van der Waals surface area contributed by atoms with Gasteiger partial charge in [0.25, 0.3) is 0 Å². The molecule has 3 nitrogen and oxygen atoms in total. The van der Waals surface area contributed by atoms with Crippen molar-refractivity contribution in [2.24, 2.45) is 11.8 Å². The molecule has 1 aromatic rings. The summed E-state index contributed by atoms with van der Waals surface area (Å²) in [4.78, 5) is 12.4. The predicted octanol–water partition coefficient (Wildman–Crippen LogP) is 2.29. The van der Waals surface area contributed by atoms with Gasteiger partial charge in [-0.1, -0.05) is 43.7 Å². The first-order valence-electron chi connectivity index (χ1n) is 7.81. The first-order chi connectivity index (χ1) is 9.75. The quantitative estimate of drug-likeness (QED) is 0.883. The molecule has 3 heteroatoms. The van der Waals surface area contributed by atoms with Crippen LogP contribution in [0.1, 0.15) is 37.7 Å². The van der Waals surface area contributed by atoms with Gasteiger partial charge in [0.2, 0.25) is 5.91 Å². The van der Waals surface area contributed by atoms with Crippen molar-refractivity contribution in [3.63, 3.8) is 0 Å². The van der Waals surface area contributed by atoms with Gasteiger partial charge >= 0.3 is 0 Å². The minimum absolute atomic E-state index is 0.0467. The maximum atomic E-state index is 12.4. The van der Waals surface area contributed by atoms with Gasteiger partial charge in [0.1, 0.15) is 0 Å². The Bertz CT molecular complexity index is 459. The van der Waals surface area contributed by atoms with Gasteiger partial charge < -0.3 is 10.6 Å². The highest BCUT2D eigenvalue weighted by atomic mass is 16.2. The summed E-state index contributed by atoms with van der Waals surface area (Å²) in [7, 11) is 0.